The minimum Gasteiger partial charge on any atom is -0.370 e. The molecule has 106 valence electrons. The molecule has 0 spiro atoms. The van der Waals surface area contributed by atoms with E-state index >= 15 is 0 Å². The van der Waals surface area contributed by atoms with Crippen molar-refractivity contribution in [3.8, 4) is 0 Å². The van der Waals surface area contributed by atoms with Crippen LogP contribution in [0.25, 0.3) is 0 Å². The fraction of sp³-hybridized carbons (Fsp3) is 0.714. The normalized spacial score (nSPS) is 18.2. The summed E-state index contributed by atoms with van der Waals surface area (Å²) < 4.78 is 6.73. The third-order valence-electron chi connectivity index (χ3n) is 3.69. The highest BCUT2D eigenvalue weighted by molar-refractivity contribution is 14.1. The summed E-state index contributed by atoms with van der Waals surface area (Å²) in [5.41, 5.74) is 0.730. The largest absolute Gasteiger partial charge is 0.370 e. The third-order valence-corrected chi connectivity index (χ3v) is 5.42. The fourth-order valence-corrected chi connectivity index (χ4v) is 3.30. The molecule has 1 aliphatic rings. The molecule has 0 N–H and O–H groups in total. The molecule has 19 heavy (non-hydrogen) atoms. The van der Waals surface area contributed by atoms with Gasteiger partial charge in [-0.15, -0.1) is 0 Å². The van der Waals surface area contributed by atoms with Gasteiger partial charge in [-0.05, 0) is 60.6 Å². The van der Waals surface area contributed by atoms with E-state index in [1.54, 1.807) is 7.11 Å². The maximum Gasteiger partial charge on any atom is 0.162 e. The molecular formula is C14H20ClIN2O. The van der Waals surface area contributed by atoms with E-state index in [9.17, 15) is 0 Å². The van der Waals surface area contributed by atoms with Crippen LogP contribution in [0.4, 0.5) is 0 Å². The van der Waals surface area contributed by atoms with Gasteiger partial charge in [0.2, 0.25) is 0 Å². The highest BCUT2D eigenvalue weighted by Crippen LogP contribution is 2.41. The molecule has 1 aromatic rings. The maximum absolute atomic E-state index is 6.29. The van der Waals surface area contributed by atoms with Gasteiger partial charge in [0.05, 0.1) is 9.26 Å². The Balaban J connectivity index is 2.43. The number of halogens is 2. The molecule has 0 atom stereocenters. The first-order chi connectivity index (χ1) is 8.98. The average Bonchev–Trinajstić information content (AvgIpc) is 2.84. The van der Waals surface area contributed by atoms with Crippen molar-refractivity contribution in [1.82, 2.24) is 9.97 Å². The summed E-state index contributed by atoms with van der Waals surface area (Å²) in [4.78, 5) is 9.26. The zero-order chi connectivity index (χ0) is 14.0. The number of ether oxygens (including phenoxy) is 1. The van der Waals surface area contributed by atoms with E-state index in [1.165, 1.54) is 12.8 Å². The van der Waals surface area contributed by atoms with E-state index in [-0.39, 0.29) is 5.60 Å². The second-order valence-electron chi connectivity index (χ2n) is 5.60. The molecule has 1 aromatic heterocycles. The number of hydrogen-bond donors (Lipinski definition) is 0. The molecule has 1 saturated carbocycles. The number of methoxy groups -OCH3 is 1. The third kappa shape index (κ3) is 3.22. The van der Waals surface area contributed by atoms with Crippen LogP contribution < -0.4 is 0 Å². The number of rotatable bonds is 4. The first-order valence-electron chi connectivity index (χ1n) is 6.76. The van der Waals surface area contributed by atoms with Crippen molar-refractivity contribution in [3.05, 3.63) is 20.2 Å². The van der Waals surface area contributed by atoms with Crippen molar-refractivity contribution in [2.75, 3.05) is 7.11 Å². The molecule has 2 rings (SSSR count). The van der Waals surface area contributed by atoms with Gasteiger partial charge in [-0.2, -0.15) is 0 Å². The van der Waals surface area contributed by atoms with Crippen LogP contribution in [-0.4, -0.2) is 17.1 Å². The van der Waals surface area contributed by atoms with Crippen LogP contribution >= 0.6 is 34.2 Å². The average molecular weight is 395 g/mol. The van der Waals surface area contributed by atoms with Crippen LogP contribution in [0.3, 0.4) is 0 Å². The van der Waals surface area contributed by atoms with Gasteiger partial charge in [-0.1, -0.05) is 25.4 Å². The van der Waals surface area contributed by atoms with E-state index in [2.05, 4.69) is 41.4 Å². The predicted molar refractivity (Wildman–Crippen MR) is 85.5 cm³/mol. The van der Waals surface area contributed by atoms with Crippen molar-refractivity contribution >= 4 is 34.2 Å². The first-order valence-corrected chi connectivity index (χ1v) is 8.22. The molecule has 0 saturated heterocycles. The summed E-state index contributed by atoms with van der Waals surface area (Å²) in [5, 5.41) is 0.560. The summed E-state index contributed by atoms with van der Waals surface area (Å²) in [6.45, 7) is 4.38. The number of hydrogen-bond acceptors (Lipinski definition) is 3. The monoisotopic (exact) mass is 394 g/mol. The van der Waals surface area contributed by atoms with Crippen molar-refractivity contribution in [1.29, 1.82) is 0 Å². The lowest BCUT2D eigenvalue weighted by atomic mass is 10.0. The summed E-state index contributed by atoms with van der Waals surface area (Å²) in [6, 6.07) is 0. The Morgan fingerprint density at radius 2 is 1.95 bits per heavy atom. The minimum atomic E-state index is -0.320. The molecule has 1 heterocycles. The maximum atomic E-state index is 6.29. The Hall–Kier alpha value is 0.0600. The van der Waals surface area contributed by atoms with E-state index in [4.69, 9.17) is 21.3 Å². The second kappa shape index (κ2) is 6.22. The molecule has 5 heteroatoms. The van der Waals surface area contributed by atoms with Crippen LogP contribution in [0, 0.1) is 9.49 Å². The van der Waals surface area contributed by atoms with Gasteiger partial charge >= 0.3 is 0 Å². The van der Waals surface area contributed by atoms with Crippen LogP contribution in [0.5, 0.6) is 0 Å². The molecule has 1 fully saturated rings. The van der Waals surface area contributed by atoms with Crippen LogP contribution in [0.2, 0.25) is 5.15 Å². The fourth-order valence-electron chi connectivity index (χ4n) is 2.65. The number of nitrogens with zero attached hydrogens (tertiary/aromatic N) is 2. The van der Waals surface area contributed by atoms with Gasteiger partial charge in [0.15, 0.2) is 5.82 Å². The molecule has 0 unspecified atom stereocenters. The van der Waals surface area contributed by atoms with Crippen molar-refractivity contribution in [2.45, 2.75) is 51.6 Å². The van der Waals surface area contributed by atoms with Crippen LogP contribution in [0.1, 0.15) is 51.0 Å². The van der Waals surface area contributed by atoms with E-state index < -0.39 is 0 Å². The van der Waals surface area contributed by atoms with Crippen LogP contribution in [0.15, 0.2) is 0 Å². The summed E-state index contributed by atoms with van der Waals surface area (Å²) in [7, 11) is 1.75. The van der Waals surface area contributed by atoms with Crippen molar-refractivity contribution in [3.63, 3.8) is 0 Å². The highest BCUT2D eigenvalue weighted by atomic mass is 127. The molecular weight excluding hydrogens is 375 g/mol. The Labute approximate surface area is 133 Å². The Bertz CT molecular complexity index is 459. The van der Waals surface area contributed by atoms with E-state index in [1.807, 2.05) is 0 Å². The van der Waals surface area contributed by atoms with Crippen molar-refractivity contribution < 1.29 is 4.74 Å². The molecule has 3 nitrogen and oxygen atoms in total. The topological polar surface area (TPSA) is 35.0 Å². The summed E-state index contributed by atoms with van der Waals surface area (Å²) >= 11 is 8.52. The van der Waals surface area contributed by atoms with Gasteiger partial charge in [0.1, 0.15) is 10.8 Å². The standard InChI is InChI=1S/C14H20ClIN2O/c1-9(2)8-10-11(16)12(15)18-13(17-10)14(19-3)6-4-5-7-14/h9H,4-8H2,1-3H3. The van der Waals surface area contributed by atoms with E-state index in [0.29, 0.717) is 11.1 Å². The number of aromatic nitrogens is 2. The lowest BCUT2D eigenvalue weighted by Gasteiger charge is -2.26. The highest BCUT2D eigenvalue weighted by Gasteiger charge is 2.39. The SMILES string of the molecule is COC1(c2nc(Cl)c(I)c(CC(C)C)n2)CCCC1. The molecule has 0 amide bonds. The molecule has 0 aromatic carbocycles. The zero-order valence-corrected chi connectivity index (χ0v) is 14.6. The molecule has 1 aliphatic carbocycles. The van der Waals surface area contributed by atoms with Crippen LogP contribution in [-0.2, 0) is 16.8 Å². The van der Waals surface area contributed by atoms with Gasteiger partial charge < -0.3 is 4.74 Å². The lowest BCUT2D eigenvalue weighted by Crippen LogP contribution is -2.28. The quantitative estimate of drug-likeness (QED) is 0.562. The smallest absolute Gasteiger partial charge is 0.162 e. The van der Waals surface area contributed by atoms with Gasteiger partial charge in [0, 0.05) is 7.11 Å². The Morgan fingerprint density at radius 1 is 1.32 bits per heavy atom. The Morgan fingerprint density at radius 3 is 2.47 bits per heavy atom. The van der Waals surface area contributed by atoms with Gasteiger partial charge in [-0.25, -0.2) is 9.97 Å². The summed E-state index contributed by atoms with van der Waals surface area (Å²) in [6.07, 6.45) is 5.23. The Kier molecular flexibility index (Phi) is 5.06. The zero-order valence-electron chi connectivity index (χ0n) is 11.7. The lowest BCUT2D eigenvalue weighted by molar-refractivity contribution is -0.0165. The first kappa shape index (κ1) is 15.4. The molecule has 0 radical (unpaired) electrons. The van der Waals surface area contributed by atoms with Gasteiger partial charge in [-0.3, -0.25) is 0 Å². The second-order valence-corrected chi connectivity index (χ2v) is 7.04. The minimum absolute atomic E-state index is 0.320. The molecule has 0 bridgehead atoms. The van der Waals surface area contributed by atoms with E-state index in [0.717, 1.165) is 34.4 Å². The summed E-state index contributed by atoms with van der Waals surface area (Å²) in [5.74, 6) is 1.32. The van der Waals surface area contributed by atoms with Gasteiger partial charge in [0.25, 0.3) is 0 Å². The predicted octanol–water partition coefficient (Wildman–Crippen LogP) is 4.35. The molecule has 0 aliphatic heterocycles. The van der Waals surface area contributed by atoms with Crippen molar-refractivity contribution in [2.24, 2.45) is 5.92 Å².